The van der Waals surface area contributed by atoms with E-state index < -0.39 is 89.5 Å². The number of aliphatic hydroxyl groups is 7. The summed E-state index contributed by atoms with van der Waals surface area (Å²) in [6.07, 6.45) is 7.27. The Kier molecular flexibility index (Phi) is 21.3. The predicted octanol–water partition coefficient (Wildman–Crippen LogP) is 8.67. The van der Waals surface area contributed by atoms with E-state index in [1.54, 1.807) is 18.2 Å². The minimum absolute atomic E-state index is 0.0237. The Hall–Kier alpha value is -4.39. The maximum atomic E-state index is 14.3. The van der Waals surface area contributed by atoms with Gasteiger partial charge in [0.1, 0.15) is 5.75 Å². The van der Waals surface area contributed by atoms with E-state index in [4.69, 9.17) is 0 Å². The molecule has 1 aliphatic carbocycles. The van der Waals surface area contributed by atoms with E-state index in [0.29, 0.717) is 44.1 Å². The van der Waals surface area contributed by atoms with Gasteiger partial charge in [-0.3, -0.25) is 4.79 Å². The first kappa shape index (κ1) is 60.3. The van der Waals surface area contributed by atoms with Crippen molar-refractivity contribution < 1.29 is 50.8 Å². The Morgan fingerprint density at radius 3 is 2.30 bits per heavy atom. The number of phenols is 1. The second kappa shape index (κ2) is 27.2. The number of allylic oxidation sites excluding steroid dienone is 2. The van der Waals surface area contributed by atoms with E-state index in [-0.39, 0.29) is 56.2 Å². The summed E-state index contributed by atoms with van der Waals surface area (Å²) in [6, 6.07) is 21.9. The Labute approximate surface area is 459 Å². The molecule has 4 heterocycles. The molecule has 3 aromatic carbocycles. The highest BCUT2D eigenvalue weighted by atomic mass is 16.4. The molecule has 3 aromatic rings. The molecule has 422 valence electrons. The molecule has 5 aliphatic rings. The number of benzene rings is 3. The lowest BCUT2D eigenvalue weighted by Crippen LogP contribution is -2.67. The number of fused-ring (bicyclic) bond motifs is 5. The van der Waals surface area contributed by atoms with Crippen LogP contribution in [0.25, 0.3) is 0 Å². The molecule has 12 nitrogen and oxygen atoms in total. The van der Waals surface area contributed by atoms with Crippen molar-refractivity contribution in [1.29, 1.82) is 0 Å². The number of aliphatic carboxylic acids is 1. The number of unbranched alkanes of at least 4 members (excludes halogenated alkanes) is 1. The lowest BCUT2D eigenvalue weighted by molar-refractivity contribution is -0.140. The number of phenolic OH excluding ortho intramolecular Hbond substituents is 1. The fraction of sp³-hybridized carbons (Fsp3) is 0.615. The largest absolute Gasteiger partial charge is 0.508 e. The Bertz CT molecular complexity index is 2490. The Morgan fingerprint density at radius 2 is 1.62 bits per heavy atom. The Morgan fingerprint density at radius 1 is 0.909 bits per heavy atom. The number of hydrogen-bond donors (Lipinski definition) is 11. The van der Waals surface area contributed by atoms with Crippen LogP contribution in [0.3, 0.4) is 0 Å². The number of carboxylic acids is 1. The molecule has 1 spiro atoms. The van der Waals surface area contributed by atoms with Crippen molar-refractivity contribution in [2.45, 2.75) is 228 Å². The number of hydrogen-bond acceptors (Lipinski definition) is 11. The lowest BCUT2D eigenvalue weighted by Gasteiger charge is -2.52. The van der Waals surface area contributed by atoms with Crippen molar-refractivity contribution in [3.05, 3.63) is 124 Å². The molecule has 0 amide bonds. The van der Waals surface area contributed by atoms with Gasteiger partial charge in [-0.25, -0.2) is 0 Å². The van der Waals surface area contributed by atoms with E-state index in [1.165, 1.54) is 0 Å². The summed E-state index contributed by atoms with van der Waals surface area (Å²) >= 11 is 0. The van der Waals surface area contributed by atoms with E-state index in [0.717, 1.165) is 78.3 Å². The first-order valence-corrected chi connectivity index (χ1v) is 29.2. The molecule has 6 bridgehead atoms. The number of carboxylic acid groups (broad SMARTS) is 1. The Balaban J connectivity index is 1.56. The standard InChI is InChI=1S/C65H92N2O10/c1-6-7-16-57(71)58(72)33-25-47-22-21-46-14-9-8-13-45(46)15-12-37-65(63(5,77)55(31-17-42(2)3)48-23-28-50(69)29-24-48)40-44-19-26-49(27-20-44)64(35-10-11-36-64)62(76)52-30-18-43(4)66-61(54(52)39-60(74)75)59(73)34-32-56(67-65)53(47)38-51(70)41-68/h8-9,13-14,19-20,23-29,33,42-43,51-52,54-59,61-62,66-73,76-77H,6-7,10-11,16-18,21-22,30-32,34-41H2,1-5H3,(H,74,75)/b33-25+,53-47+/t43-,51-,52-,54+,55+,56+,57-,58+,59+,61-,62+,63-,65-/m0/s1. The summed E-state index contributed by atoms with van der Waals surface area (Å²) in [5.41, 5.74) is 2.34. The van der Waals surface area contributed by atoms with E-state index in [2.05, 4.69) is 67.5 Å². The monoisotopic (exact) mass is 1060 g/mol. The number of aryl methyl sites for hydroxylation is 1. The predicted molar refractivity (Wildman–Crippen MR) is 303 cm³/mol. The molecule has 0 radical (unpaired) electrons. The number of aliphatic hydroxyl groups excluding tert-OH is 6. The molecule has 13 atom stereocenters. The number of rotatable bonds is 17. The maximum absolute atomic E-state index is 14.3. The molecule has 8 rings (SSSR count). The van der Waals surface area contributed by atoms with Crippen LogP contribution in [0.4, 0.5) is 0 Å². The highest BCUT2D eigenvalue weighted by Gasteiger charge is 2.54. The third-order valence-electron chi connectivity index (χ3n) is 18.5. The summed E-state index contributed by atoms with van der Waals surface area (Å²) in [6.45, 7) is 9.73. The molecule has 0 aromatic heterocycles. The van der Waals surface area contributed by atoms with Crippen LogP contribution in [0.15, 0.2) is 96.1 Å². The van der Waals surface area contributed by atoms with E-state index >= 15 is 0 Å². The number of carbonyl (C=O) groups is 1. The summed E-state index contributed by atoms with van der Waals surface area (Å²) in [4.78, 5) is 13.0. The third kappa shape index (κ3) is 14.5. The maximum Gasteiger partial charge on any atom is 0.303 e. The summed E-state index contributed by atoms with van der Waals surface area (Å²) < 4.78 is 0. The number of aromatic hydroxyl groups is 1. The van der Waals surface area contributed by atoms with Gasteiger partial charge in [-0.2, -0.15) is 0 Å². The van der Waals surface area contributed by atoms with Crippen molar-refractivity contribution >= 4 is 5.97 Å². The van der Waals surface area contributed by atoms with Gasteiger partial charge in [-0.15, -0.1) is 0 Å². The molecular formula is C65H92N2O10. The molecule has 4 aliphatic heterocycles. The first-order chi connectivity index (χ1) is 36.8. The first-order valence-electron chi connectivity index (χ1n) is 29.2. The third-order valence-corrected chi connectivity index (χ3v) is 18.5. The van der Waals surface area contributed by atoms with Gasteiger partial charge < -0.3 is 56.6 Å². The highest BCUT2D eigenvalue weighted by Crippen LogP contribution is 2.51. The SMILES string of the molecule is CCCC[C@H](O)[C@H](O)/C=C/C1=C(\C[C@H](O)CO)[C@H]2CC[C@@H](O)[C@H]3N[C@@H](C)CC[C@@H]([C@H]3CC(=O)O)[C@@H](O)C3(CCCC3)c3ccc(cc3)C[C@]([C@@](C)(O)[C@H](CCC(C)C)c3ccc(O)cc3)(CC#Cc3ccccc3CC1)N2. The van der Waals surface area contributed by atoms with Gasteiger partial charge in [0, 0.05) is 41.4 Å². The second-order valence-corrected chi connectivity index (χ2v) is 24.3. The van der Waals surface area contributed by atoms with Gasteiger partial charge >= 0.3 is 5.97 Å². The van der Waals surface area contributed by atoms with Gasteiger partial charge in [0.2, 0.25) is 0 Å². The van der Waals surface area contributed by atoms with Crippen molar-refractivity contribution in [3.63, 3.8) is 0 Å². The minimum atomic E-state index is -1.64. The molecule has 12 heteroatoms. The highest BCUT2D eigenvalue weighted by molar-refractivity contribution is 5.67. The van der Waals surface area contributed by atoms with Crippen LogP contribution in [-0.2, 0) is 23.1 Å². The summed E-state index contributed by atoms with van der Waals surface area (Å²) in [5, 5.41) is 115. The van der Waals surface area contributed by atoms with E-state index in [1.807, 2.05) is 56.3 Å². The molecule has 1 saturated carbocycles. The van der Waals surface area contributed by atoms with Crippen LogP contribution in [0.5, 0.6) is 5.75 Å². The van der Waals surface area contributed by atoms with Gasteiger partial charge in [0.05, 0.1) is 54.7 Å². The molecule has 2 fully saturated rings. The van der Waals surface area contributed by atoms with Gasteiger partial charge in [0.25, 0.3) is 0 Å². The summed E-state index contributed by atoms with van der Waals surface area (Å²) in [5.74, 6) is 4.94. The molecule has 77 heavy (non-hydrogen) atoms. The van der Waals surface area contributed by atoms with Crippen molar-refractivity contribution in [3.8, 4) is 17.6 Å². The zero-order valence-corrected chi connectivity index (χ0v) is 46.6. The zero-order valence-electron chi connectivity index (χ0n) is 46.6. The molecule has 0 unspecified atom stereocenters. The zero-order chi connectivity index (χ0) is 55.5. The van der Waals surface area contributed by atoms with Crippen LogP contribution in [0.1, 0.15) is 178 Å². The topological polar surface area (TPSA) is 223 Å². The van der Waals surface area contributed by atoms with Gasteiger partial charge in [0.15, 0.2) is 0 Å². The lowest BCUT2D eigenvalue weighted by atomic mass is 9.63. The van der Waals surface area contributed by atoms with Crippen LogP contribution in [0, 0.1) is 29.6 Å². The molecular weight excluding hydrogens is 969 g/mol. The smallest absolute Gasteiger partial charge is 0.303 e. The fourth-order valence-corrected chi connectivity index (χ4v) is 13.9. The van der Waals surface area contributed by atoms with E-state index in [9.17, 15) is 50.8 Å². The molecule has 1 saturated heterocycles. The van der Waals surface area contributed by atoms with Gasteiger partial charge in [-0.05, 0) is 160 Å². The molecule has 11 N–H and O–H groups in total. The van der Waals surface area contributed by atoms with Crippen LogP contribution < -0.4 is 10.6 Å². The average molecular weight is 1060 g/mol. The summed E-state index contributed by atoms with van der Waals surface area (Å²) in [7, 11) is 0. The van der Waals surface area contributed by atoms with Crippen LogP contribution >= 0.6 is 0 Å². The minimum Gasteiger partial charge on any atom is -0.508 e. The van der Waals surface area contributed by atoms with Gasteiger partial charge in [-0.1, -0.05) is 131 Å². The number of nitrogens with one attached hydrogen (secondary N) is 2. The normalized spacial score (nSPS) is 29.5. The van der Waals surface area contributed by atoms with Crippen molar-refractivity contribution in [1.82, 2.24) is 10.6 Å². The fourth-order valence-electron chi connectivity index (χ4n) is 13.9. The van der Waals surface area contributed by atoms with Crippen molar-refractivity contribution in [2.75, 3.05) is 6.61 Å². The van der Waals surface area contributed by atoms with Crippen molar-refractivity contribution in [2.24, 2.45) is 17.8 Å². The van der Waals surface area contributed by atoms with Crippen LogP contribution in [-0.4, -0.2) is 118 Å². The van der Waals surface area contributed by atoms with Crippen LogP contribution in [0.2, 0.25) is 0 Å². The average Bonchev–Trinajstić information content (AvgIpc) is 3.88. The second-order valence-electron chi connectivity index (χ2n) is 24.3. The quantitative estimate of drug-likeness (QED) is 0.0572.